The van der Waals surface area contributed by atoms with Crippen LogP contribution < -0.4 is 5.32 Å². The van der Waals surface area contributed by atoms with Gasteiger partial charge in [0, 0.05) is 25.4 Å². The molecule has 2 heterocycles. The highest BCUT2D eigenvalue weighted by molar-refractivity contribution is 5.18. The molecule has 18 heavy (non-hydrogen) atoms. The van der Waals surface area contributed by atoms with Crippen molar-refractivity contribution in [1.29, 1.82) is 0 Å². The second-order valence-electron chi connectivity index (χ2n) is 4.94. The van der Waals surface area contributed by atoms with E-state index in [0.717, 1.165) is 5.92 Å². The SMILES string of the molecule is CNC(c1ccn(Cc2nnc(C)o2)c1)C1CC1. The Morgan fingerprint density at radius 1 is 1.50 bits per heavy atom. The van der Waals surface area contributed by atoms with Crippen LogP contribution >= 0.6 is 0 Å². The van der Waals surface area contributed by atoms with Crippen LogP contribution in [0.1, 0.15) is 36.2 Å². The molecule has 1 unspecified atom stereocenters. The van der Waals surface area contributed by atoms with E-state index < -0.39 is 0 Å². The second-order valence-corrected chi connectivity index (χ2v) is 4.94. The number of aryl methyl sites for hydroxylation is 1. The first kappa shape index (κ1) is 11.5. The van der Waals surface area contributed by atoms with Crippen LogP contribution in [0.2, 0.25) is 0 Å². The average molecular weight is 246 g/mol. The quantitative estimate of drug-likeness (QED) is 0.875. The van der Waals surface area contributed by atoms with Gasteiger partial charge in [0.25, 0.3) is 0 Å². The first-order valence-corrected chi connectivity index (χ1v) is 6.38. The van der Waals surface area contributed by atoms with Crippen molar-refractivity contribution in [3.05, 3.63) is 35.8 Å². The number of nitrogens with zero attached hydrogens (tertiary/aromatic N) is 3. The summed E-state index contributed by atoms with van der Waals surface area (Å²) in [4.78, 5) is 0. The van der Waals surface area contributed by atoms with Gasteiger partial charge < -0.3 is 14.3 Å². The van der Waals surface area contributed by atoms with Crippen molar-refractivity contribution in [3.63, 3.8) is 0 Å². The molecule has 1 atom stereocenters. The first-order valence-electron chi connectivity index (χ1n) is 6.38. The fraction of sp³-hybridized carbons (Fsp3) is 0.538. The maximum absolute atomic E-state index is 5.38. The summed E-state index contributed by atoms with van der Waals surface area (Å²) in [6, 6.07) is 2.65. The van der Waals surface area contributed by atoms with E-state index >= 15 is 0 Å². The van der Waals surface area contributed by atoms with Gasteiger partial charge in [-0.3, -0.25) is 0 Å². The third-order valence-electron chi connectivity index (χ3n) is 3.42. The summed E-state index contributed by atoms with van der Waals surface area (Å²) in [6.45, 7) is 2.45. The Kier molecular flexibility index (Phi) is 2.91. The largest absolute Gasteiger partial charge is 0.424 e. The Morgan fingerprint density at radius 3 is 2.94 bits per heavy atom. The van der Waals surface area contributed by atoms with E-state index in [4.69, 9.17) is 4.42 Å². The van der Waals surface area contributed by atoms with Crippen molar-refractivity contribution in [2.75, 3.05) is 7.05 Å². The Bertz CT molecular complexity index is 527. The molecule has 0 radical (unpaired) electrons. The summed E-state index contributed by atoms with van der Waals surface area (Å²) in [6.07, 6.45) is 6.90. The second kappa shape index (κ2) is 4.57. The predicted molar refractivity (Wildman–Crippen MR) is 67.1 cm³/mol. The van der Waals surface area contributed by atoms with Gasteiger partial charge in [0.1, 0.15) is 6.54 Å². The van der Waals surface area contributed by atoms with E-state index in [2.05, 4.69) is 38.5 Å². The molecule has 0 saturated heterocycles. The smallest absolute Gasteiger partial charge is 0.236 e. The van der Waals surface area contributed by atoms with Gasteiger partial charge in [-0.2, -0.15) is 0 Å². The van der Waals surface area contributed by atoms with Crippen LogP contribution in [0.15, 0.2) is 22.9 Å². The zero-order valence-corrected chi connectivity index (χ0v) is 10.8. The van der Waals surface area contributed by atoms with E-state index in [-0.39, 0.29) is 0 Å². The lowest BCUT2D eigenvalue weighted by molar-refractivity contribution is 0.454. The van der Waals surface area contributed by atoms with Crippen LogP contribution in [0.5, 0.6) is 0 Å². The Hall–Kier alpha value is -1.62. The summed E-state index contributed by atoms with van der Waals surface area (Å²) in [5, 5.41) is 11.2. The molecule has 1 fully saturated rings. The van der Waals surface area contributed by atoms with E-state index in [1.54, 1.807) is 0 Å². The summed E-state index contributed by atoms with van der Waals surface area (Å²) in [7, 11) is 2.03. The molecule has 96 valence electrons. The summed E-state index contributed by atoms with van der Waals surface area (Å²) in [5.74, 6) is 2.07. The van der Waals surface area contributed by atoms with Crippen LogP contribution in [0.3, 0.4) is 0 Å². The Morgan fingerprint density at radius 2 is 2.33 bits per heavy atom. The highest BCUT2D eigenvalue weighted by Gasteiger charge is 2.31. The van der Waals surface area contributed by atoms with Crippen molar-refractivity contribution in [3.8, 4) is 0 Å². The number of aromatic nitrogens is 3. The molecular formula is C13H18N4O. The lowest BCUT2D eigenvalue weighted by Gasteiger charge is -2.13. The van der Waals surface area contributed by atoms with Gasteiger partial charge in [-0.05, 0) is 37.4 Å². The highest BCUT2D eigenvalue weighted by atomic mass is 16.4. The zero-order valence-electron chi connectivity index (χ0n) is 10.8. The lowest BCUT2D eigenvalue weighted by atomic mass is 10.1. The molecule has 0 spiro atoms. The molecule has 5 heteroatoms. The van der Waals surface area contributed by atoms with Crippen molar-refractivity contribution >= 4 is 0 Å². The van der Waals surface area contributed by atoms with Crippen molar-refractivity contribution < 1.29 is 4.42 Å². The van der Waals surface area contributed by atoms with Crippen LogP contribution in [0.25, 0.3) is 0 Å². The van der Waals surface area contributed by atoms with E-state index in [9.17, 15) is 0 Å². The summed E-state index contributed by atoms with van der Waals surface area (Å²) < 4.78 is 7.48. The molecule has 1 aliphatic carbocycles. The summed E-state index contributed by atoms with van der Waals surface area (Å²) >= 11 is 0. The fourth-order valence-corrected chi connectivity index (χ4v) is 2.40. The van der Waals surface area contributed by atoms with Crippen LogP contribution in [-0.4, -0.2) is 21.8 Å². The lowest BCUT2D eigenvalue weighted by Crippen LogP contribution is -2.17. The number of hydrogen-bond donors (Lipinski definition) is 1. The summed E-state index contributed by atoms with van der Waals surface area (Å²) in [5.41, 5.74) is 1.34. The third kappa shape index (κ3) is 2.31. The molecule has 2 aromatic heterocycles. The molecule has 3 rings (SSSR count). The van der Waals surface area contributed by atoms with Crippen molar-refractivity contribution in [2.24, 2.45) is 5.92 Å². The minimum atomic E-state index is 0.482. The van der Waals surface area contributed by atoms with Gasteiger partial charge in [0.2, 0.25) is 11.8 Å². The molecular weight excluding hydrogens is 228 g/mol. The van der Waals surface area contributed by atoms with E-state index in [1.165, 1.54) is 18.4 Å². The van der Waals surface area contributed by atoms with Crippen molar-refractivity contribution in [1.82, 2.24) is 20.1 Å². The molecule has 1 saturated carbocycles. The molecule has 0 aliphatic heterocycles. The average Bonchev–Trinajstić information content (AvgIpc) is 2.94. The molecule has 1 aliphatic rings. The van der Waals surface area contributed by atoms with Crippen LogP contribution in [-0.2, 0) is 6.54 Å². The predicted octanol–water partition coefficient (Wildman–Crippen LogP) is 1.90. The number of rotatable bonds is 5. The third-order valence-corrected chi connectivity index (χ3v) is 3.42. The Balaban J connectivity index is 1.72. The normalized spacial score (nSPS) is 17.0. The molecule has 0 amide bonds. The monoisotopic (exact) mass is 246 g/mol. The maximum Gasteiger partial charge on any atom is 0.236 e. The number of hydrogen-bond acceptors (Lipinski definition) is 4. The maximum atomic E-state index is 5.38. The fourth-order valence-electron chi connectivity index (χ4n) is 2.40. The van der Waals surface area contributed by atoms with Gasteiger partial charge in [-0.1, -0.05) is 0 Å². The van der Waals surface area contributed by atoms with Gasteiger partial charge in [-0.15, -0.1) is 10.2 Å². The Labute approximate surface area is 106 Å². The molecule has 0 bridgehead atoms. The standard InChI is InChI=1S/C13H18N4O/c1-9-15-16-12(18-9)8-17-6-5-11(7-17)13(14-2)10-3-4-10/h5-7,10,13-14H,3-4,8H2,1-2H3. The molecule has 2 aromatic rings. The van der Waals surface area contributed by atoms with E-state index in [0.29, 0.717) is 24.4 Å². The van der Waals surface area contributed by atoms with Crippen LogP contribution in [0, 0.1) is 12.8 Å². The minimum Gasteiger partial charge on any atom is -0.424 e. The minimum absolute atomic E-state index is 0.482. The topological polar surface area (TPSA) is 55.9 Å². The zero-order chi connectivity index (χ0) is 12.5. The van der Waals surface area contributed by atoms with Gasteiger partial charge >= 0.3 is 0 Å². The number of nitrogens with one attached hydrogen (secondary N) is 1. The first-order chi connectivity index (χ1) is 8.76. The van der Waals surface area contributed by atoms with Gasteiger partial charge in [0.05, 0.1) is 0 Å². The molecule has 5 nitrogen and oxygen atoms in total. The molecule has 0 aromatic carbocycles. The van der Waals surface area contributed by atoms with Crippen molar-refractivity contribution in [2.45, 2.75) is 32.4 Å². The highest BCUT2D eigenvalue weighted by Crippen LogP contribution is 2.40. The molecule has 1 N–H and O–H groups in total. The van der Waals surface area contributed by atoms with E-state index in [1.807, 2.05) is 14.0 Å². The van der Waals surface area contributed by atoms with Crippen LogP contribution in [0.4, 0.5) is 0 Å². The van der Waals surface area contributed by atoms with Gasteiger partial charge in [-0.25, -0.2) is 0 Å². The van der Waals surface area contributed by atoms with Gasteiger partial charge in [0.15, 0.2) is 0 Å².